The molecule has 0 N–H and O–H groups in total. The molecule has 1 amide bonds. The zero-order valence-electron chi connectivity index (χ0n) is 12.5. The Kier molecular flexibility index (Phi) is 4.27. The van der Waals surface area contributed by atoms with Gasteiger partial charge in [0.2, 0.25) is 5.91 Å². The van der Waals surface area contributed by atoms with Crippen LogP contribution >= 0.6 is 0 Å². The third kappa shape index (κ3) is 5.56. The lowest BCUT2D eigenvalue weighted by atomic mass is 9.83. The molecule has 0 aromatic heterocycles. The summed E-state index contributed by atoms with van der Waals surface area (Å²) in [7, 11) is 0. The van der Waals surface area contributed by atoms with E-state index in [0.29, 0.717) is 17.7 Å². The molecule has 0 atom stereocenters. The van der Waals surface area contributed by atoms with E-state index in [4.69, 9.17) is 0 Å². The summed E-state index contributed by atoms with van der Waals surface area (Å²) in [6.07, 6.45) is 3.21. The van der Waals surface area contributed by atoms with E-state index in [1.807, 2.05) is 4.90 Å². The van der Waals surface area contributed by atoms with E-state index >= 15 is 0 Å². The van der Waals surface area contributed by atoms with Crippen molar-refractivity contribution < 1.29 is 4.79 Å². The SMILES string of the molecule is CC(C)(C)CCC1CN(C(=O)CC(C)(C)C)C1. The summed E-state index contributed by atoms with van der Waals surface area (Å²) in [4.78, 5) is 13.9. The molecule has 2 nitrogen and oxygen atoms in total. The Balaban J connectivity index is 2.21. The van der Waals surface area contributed by atoms with E-state index in [-0.39, 0.29) is 5.41 Å². The highest BCUT2D eigenvalue weighted by Gasteiger charge is 2.32. The Hall–Kier alpha value is -0.530. The van der Waals surface area contributed by atoms with E-state index in [9.17, 15) is 4.79 Å². The lowest BCUT2D eigenvalue weighted by Crippen LogP contribution is -2.50. The Morgan fingerprint density at radius 1 is 1.06 bits per heavy atom. The molecule has 0 saturated carbocycles. The van der Waals surface area contributed by atoms with Crippen LogP contribution in [0.5, 0.6) is 0 Å². The standard InChI is InChI=1S/C15H29NO/c1-14(2,3)8-7-12-10-16(11-12)13(17)9-15(4,5)6/h12H,7-11H2,1-6H3. The molecule has 2 heteroatoms. The number of nitrogens with zero attached hydrogens (tertiary/aromatic N) is 1. The minimum absolute atomic E-state index is 0.119. The van der Waals surface area contributed by atoms with Crippen molar-refractivity contribution in [2.75, 3.05) is 13.1 Å². The number of carbonyl (C=O) groups excluding carboxylic acids is 1. The molecule has 0 aromatic rings. The highest BCUT2D eigenvalue weighted by atomic mass is 16.2. The van der Waals surface area contributed by atoms with Gasteiger partial charge in [-0.25, -0.2) is 0 Å². The van der Waals surface area contributed by atoms with E-state index in [1.54, 1.807) is 0 Å². The van der Waals surface area contributed by atoms with Crippen molar-refractivity contribution in [2.45, 2.75) is 60.8 Å². The highest BCUT2D eigenvalue weighted by Crippen LogP contribution is 2.30. The van der Waals surface area contributed by atoms with Crippen molar-refractivity contribution in [3.8, 4) is 0 Å². The quantitative estimate of drug-likeness (QED) is 0.735. The summed E-state index contributed by atoms with van der Waals surface area (Å²) in [5, 5.41) is 0. The molecule has 0 radical (unpaired) electrons. The van der Waals surface area contributed by atoms with E-state index in [0.717, 1.165) is 19.0 Å². The zero-order chi connectivity index (χ0) is 13.3. The van der Waals surface area contributed by atoms with Crippen molar-refractivity contribution in [1.29, 1.82) is 0 Å². The fourth-order valence-corrected chi connectivity index (χ4v) is 2.16. The Bertz CT molecular complexity index is 264. The molecule has 0 aliphatic carbocycles. The second kappa shape index (κ2) is 4.99. The minimum Gasteiger partial charge on any atom is -0.342 e. The fourth-order valence-electron chi connectivity index (χ4n) is 2.16. The van der Waals surface area contributed by atoms with Gasteiger partial charge in [0.1, 0.15) is 0 Å². The first-order chi connectivity index (χ1) is 7.57. The predicted octanol–water partition coefficient (Wildman–Crippen LogP) is 3.71. The first kappa shape index (κ1) is 14.5. The predicted molar refractivity (Wildman–Crippen MR) is 72.8 cm³/mol. The van der Waals surface area contributed by atoms with Crippen molar-refractivity contribution in [1.82, 2.24) is 4.90 Å². The van der Waals surface area contributed by atoms with Crippen LogP contribution < -0.4 is 0 Å². The van der Waals surface area contributed by atoms with E-state index in [2.05, 4.69) is 41.5 Å². The summed E-state index contributed by atoms with van der Waals surface area (Å²) in [6, 6.07) is 0. The Morgan fingerprint density at radius 3 is 2.00 bits per heavy atom. The summed E-state index contributed by atoms with van der Waals surface area (Å²) in [5.74, 6) is 1.09. The molecular formula is C15H29NO. The lowest BCUT2D eigenvalue weighted by molar-refractivity contribution is -0.139. The molecule has 17 heavy (non-hydrogen) atoms. The van der Waals surface area contributed by atoms with Crippen LogP contribution in [0.25, 0.3) is 0 Å². The minimum atomic E-state index is 0.119. The van der Waals surface area contributed by atoms with Crippen LogP contribution in [0.1, 0.15) is 60.8 Å². The normalized spacial score (nSPS) is 18.1. The smallest absolute Gasteiger partial charge is 0.223 e. The molecule has 0 unspecified atom stereocenters. The molecule has 1 rings (SSSR count). The van der Waals surface area contributed by atoms with Crippen LogP contribution in [0.4, 0.5) is 0 Å². The first-order valence-corrected chi connectivity index (χ1v) is 6.85. The van der Waals surface area contributed by atoms with E-state index < -0.39 is 0 Å². The van der Waals surface area contributed by atoms with Gasteiger partial charge < -0.3 is 4.90 Å². The van der Waals surface area contributed by atoms with Crippen molar-refractivity contribution >= 4 is 5.91 Å². The number of amides is 1. The average Bonchev–Trinajstić information content (AvgIpc) is 1.94. The molecule has 100 valence electrons. The van der Waals surface area contributed by atoms with Gasteiger partial charge in [0.25, 0.3) is 0 Å². The van der Waals surface area contributed by atoms with Crippen LogP contribution in [0.15, 0.2) is 0 Å². The van der Waals surface area contributed by atoms with Gasteiger partial charge in [-0.05, 0) is 29.6 Å². The maximum Gasteiger partial charge on any atom is 0.223 e. The monoisotopic (exact) mass is 239 g/mol. The number of hydrogen-bond donors (Lipinski definition) is 0. The van der Waals surface area contributed by atoms with Gasteiger partial charge in [-0.2, -0.15) is 0 Å². The maximum absolute atomic E-state index is 11.9. The number of carbonyl (C=O) groups is 1. The molecule has 1 aliphatic rings. The lowest BCUT2D eigenvalue weighted by Gasteiger charge is -2.41. The van der Waals surface area contributed by atoms with Gasteiger partial charge in [0.05, 0.1) is 0 Å². The largest absolute Gasteiger partial charge is 0.342 e. The number of rotatable bonds is 3. The van der Waals surface area contributed by atoms with Crippen molar-refractivity contribution in [3.05, 3.63) is 0 Å². The third-order valence-electron chi connectivity index (χ3n) is 3.29. The molecule has 1 saturated heterocycles. The number of hydrogen-bond acceptors (Lipinski definition) is 1. The van der Waals surface area contributed by atoms with Gasteiger partial charge >= 0.3 is 0 Å². The fraction of sp³-hybridized carbons (Fsp3) is 0.933. The van der Waals surface area contributed by atoms with Crippen molar-refractivity contribution in [2.24, 2.45) is 16.7 Å². The third-order valence-corrected chi connectivity index (χ3v) is 3.29. The van der Waals surface area contributed by atoms with Crippen LogP contribution in [0.2, 0.25) is 0 Å². The van der Waals surface area contributed by atoms with E-state index in [1.165, 1.54) is 12.8 Å². The van der Waals surface area contributed by atoms with Gasteiger partial charge in [0, 0.05) is 19.5 Å². The Labute approximate surface area is 107 Å². The Morgan fingerprint density at radius 2 is 1.59 bits per heavy atom. The molecule has 0 bridgehead atoms. The zero-order valence-corrected chi connectivity index (χ0v) is 12.5. The highest BCUT2D eigenvalue weighted by molar-refractivity contribution is 5.77. The summed E-state index contributed by atoms with van der Waals surface area (Å²) in [5.41, 5.74) is 0.545. The summed E-state index contributed by atoms with van der Waals surface area (Å²) < 4.78 is 0. The number of likely N-dealkylation sites (tertiary alicyclic amines) is 1. The van der Waals surface area contributed by atoms with Crippen LogP contribution in [-0.4, -0.2) is 23.9 Å². The van der Waals surface area contributed by atoms with Gasteiger partial charge in [-0.15, -0.1) is 0 Å². The topological polar surface area (TPSA) is 20.3 Å². The molecule has 0 aromatic carbocycles. The summed E-state index contributed by atoms with van der Waals surface area (Å²) >= 11 is 0. The second-order valence-electron chi connectivity index (χ2n) is 8.00. The summed E-state index contributed by atoms with van der Waals surface area (Å²) in [6.45, 7) is 15.2. The first-order valence-electron chi connectivity index (χ1n) is 6.85. The van der Waals surface area contributed by atoms with Crippen LogP contribution in [-0.2, 0) is 4.79 Å². The molecule has 0 spiro atoms. The molecular weight excluding hydrogens is 210 g/mol. The van der Waals surface area contributed by atoms with Gasteiger partial charge in [-0.3, -0.25) is 4.79 Å². The molecule has 1 fully saturated rings. The molecule has 1 aliphatic heterocycles. The second-order valence-corrected chi connectivity index (χ2v) is 8.00. The van der Waals surface area contributed by atoms with Gasteiger partial charge in [0.15, 0.2) is 0 Å². The van der Waals surface area contributed by atoms with Crippen LogP contribution in [0, 0.1) is 16.7 Å². The van der Waals surface area contributed by atoms with Gasteiger partial charge in [-0.1, -0.05) is 41.5 Å². The van der Waals surface area contributed by atoms with Crippen LogP contribution in [0.3, 0.4) is 0 Å². The average molecular weight is 239 g/mol. The van der Waals surface area contributed by atoms with Crippen molar-refractivity contribution in [3.63, 3.8) is 0 Å². The molecule has 1 heterocycles. The maximum atomic E-state index is 11.9.